The van der Waals surface area contributed by atoms with Crippen molar-refractivity contribution in [2.45, 2.75) is 25.8 Å². The van der Waals surface area contributed by atoms with Crippen molar-refractivity contribution in [3.8, 4) is 0 Å². The van der Waals surface area contributed by atoms with Gasteiger partial charge in [-0.2, -0.15) is 0 Å². The van der Waals surface area contributed by atoms with Crippen LogP contribution in [0, 0.1) is 0 Å². The van der Waals surface area contributed by atoms with Crippen LogP contribution in [0.25, 0.3) is 0 Å². The van der Waals surface area contributed by atoms with Crippen molar-refractivity contribution in [3.05, 3.63) is 29.8 Å². The summed E-state index contributed by atoms with van der Waals surface area (Å²) in [5.41, 5.74) is 2.50. The van der Waals surface area contributed by atoms with E-state index in [0.29, 0.717) is 6.54 Å². The molecule has 1 heterocycles. The lowest BCUT2D eigenvalue weighted by Crippen LogP contribution is -2.49. The van der Waals surface area contributed by atoms with E-state index in [2.05, 4.69) is 40.7 Å². The molecule has 1 saturated heterocycles. The Hall–Kier alpha value is -1.55. The molecule has 0 spiro atoms. The molecule has 2 N–H and O–H groups in total. The molecule has 1 amide bonds. The number of para-hydroxylation sites is 1. The minimum atomic E-state index is -0.125. The number of likely N-dealkylation sites (N-methyl/N-ethyl adjacent to an activating group) is 1. The zero-order valence-corrected chi connectivity index (χ0v) is 11.8. The molecule has 1 aromatic rings. The lowest BCUT2D eigenvalue weighted by atomic mass is 10.1. The molecule has 1 unspecified atom stereocenters. The van der Waals surface area contributed by atoms with Gasteiger partial charge in [-0.3, -0.25) is 4.79 Å². The first-order chi connectivity index (χ1) is 9.27. The van der Waals surface area contributed by atoms with E-state index in [1.54, 1.807) is 0 Å². The topological polar surface area (TPSA) is 44.4 Å². The summed E-state index contributed by atoms with van der Waals surface area (Å²) in [6, 6.07) is 8.26. The number of hydrogen-bond donors (Lipinski definition) is 2. The lowest BCUT2D eigenvalue weighted by Gasteiger charge is -2.32. The van der Waals surface area contributed by atoms with Crippen LogP contribution in [0.5, 0.6) is 0 Å². The van der Waals surface area contributed by atoms with Crippen molar-refractivity contribution >= 4 is 11.6 Å². The largest absolute Gasteiger partial charge is 0.358 e. The van der Waals surface area contributed by atoms with Crippen molar-refractivity contribution in [2.24, 2.45) is 0 Å². The third kappa shape index (κ3) is 3.07. The maximum absolute atomic E-state index is 12.2. The summed E-state index contributed by atoms with van der Waals surface area (Å²) in [4.78, 5) is 14.4. The van der Waals surface area contributed by atoms with E-state index in [0.717, 1.165) is 25.9 Å². The Morgan fingerprint density at radius 2 is 2.21 bits per heavy atom. The number of nitrogens with one attached hydrogen (secondary N) is 2. The van der Waals surface area contributed by atoms with Crippen LogP contribution >= 0.6 is 0 Å². The van der Waals surface area contributed by atoms with E-state index < -0.39 is 0 Å². The second-order valence-corrected chi connectivity index (χ2v) is 4.89. The van der Waals surface area contributed by atoms with E-state index in [4.69, 9.17) is 0 Å². The fourth-order valence-electron chi connectivity index (χ4n) is 2.65. The highest BCUT2D eigenvalue weighted by atomic mass is 16.2. The summed E-state index contributed by atoms with van der Waals surface area (Å²) in [5.74, 6) is 0.123. The molecule has 1 aliphatic heterocycles. The van der Waals surface area contributed by atoms with Crippen LogP contribution in [0.2, 0.25) is 0 Å². The Morgan fingerprint density at radius 3 is 2.95 bits per heavy atom. The molecule has 0 saturated carbocycles. The lowest BCUT2D eigenvalue weighted by molar-refractivity contribution is -0.121. The first kappa shape index (κ1) is 13.9. The summed E-state index contributed by atoms with van der Waals surface area (Å²) in [7, 11) is 1.89. The van der Waals surface area contributed by atoms with Crippen molar-refractivity contribution in [1.29, 1.82) is 0 Å². The smallest absolute Gasteiger partial charge is 0.244 e. The normalized spacial score (nSPS) is 20.0. The number of carbonyl (C=O) groups is 1. The molecule has 0 bridgehead atoms. The minimum Gasteiger partial charge on any atom is -0.358 e. The molecule has 0 aliphatic carbocycles. The molecular weight excluding hydrogens is 238 g/mol. The molecule has 104 valence electrons. The van der Waals surface area contributed by atoms with Crippen LogP contribution in [0.15, 0.2) is 24.3 Å². The average molecular weight is 261 g/mol. The zero-order valence-electron chi connectivity index (χ0n) is 11.8. The van der Waals surface area contributed by atoms with E-state index in [1.807, 2.05) is 13.1 Å². The predicted molar refractivity (Wildman–Crippen MR) is 78.5 cm³/mol. The quantitative estimate of drug-likeness (QED) is 0.855. The zero-order chi connectivity index (χ0) is 13.7. The van der Waals surface area contributed by atoms with Crippen molar-refractivity contribution in [3.63, 3.8) is 0 Å². The molecule has 1 aromatic carbocycles. The predicted octanol–water partition coefficient (Wildman–Crippen LogP) is 1.16. The Kier molecular flexibility index (Phi) is 4.80. The monoisotopic (exact) mass is 261 g/mol. The maximum atomic E-state index is 12.2. The molecular formula is C15H23N3O. The van der Waals surface area contributed by atoms with Crippen LogP contribution in [-0.2, 0) is 11.2 Å². The van der Waals surface area contributed by atoms with Gasteiger partial charge in [0.1, 0.15) is 6.04 Å². The fraction of sp³-hybridized carbons (Fsp3) is 0.533. The van der Waals surface area contributed by atoms with Gasteiger partial charge in [0.2, 0.25) is 5.91 Å². The number of carbonyl (C=O) groups excluding carboxylic acids is 1. The number of aryl methyl sites for hydroxylation is 1. The van der Waals surface area contributed by atoms with Crippen molar-refractivity contribution < 1.29 is 4.79 Å². The highest BCUT2D eigenvalue weighted by Crippen LogP contribution is 2.24. The van der Waals surface area contributed by atoms with Crippen LogP contribution in [0.1, 0.15) is 18.9 Å². The number of hydrogen-bond acceptors (Lipinski definition) is 3. The number of rotatable bonds is 4. The SMILES string of the molecule is CCc1ccccc1N1CCCNC(=O)C1CNC. The Labute approximate surface area is 115 Å². The number of anilines is 1. The Bertz CT molecular complexity index is 433. The molecule has 1 atom stereocenters. The number of benzene rings is 1. The second-order valence-electron chi connectivity index (χ2n) is 4.89. The molecule has 2 rings (SSSR count). The summed E-state index contributed by atoms with van der Waals surface area (Å²) in [6.45, 7) is 4.51. The third-order valence-electron chi connectivity index (χ3n) is 3.63. The molecule has 4 heteroatoms. The Morgan fingerprint density at radius 1 is 1.42 bits per heavy atom. The molecule has 1 aliphatic rings. The summed E-state index contributed by atoms with van der Waals surface area (Å²) >= 11 is 0. The van der Waals surface area contributed by atoms with Crippen LogP contribution < -0.4 is 15.5 Å². The Balaban J connectivity index is 2.34. The van der Waals surface area contributed by atoms with Crippen LogP contribution in [-0.4, -0.2) is 38.6 Å². The van der Waals surface area contributed by atoms with Gasteiger partial charge in [-0.1, -0.05) is 25.1 Å². The van der Waals surface area contributed by atoms with Crippen molar-refractivity contribution in [1.82, 2.24) is 10.6 Å². The van der Waals surface area contributed by atoms with Gasteiger partial charge in [0, 0.05) is 25.3 Å². The first-order valence-electron chi connectivity index (χ1n) is 7.04. The van der Waals surface area contributed by atoms with Crippen LogP contribution in [0.4, 0.5) is 5.69 Å². The molecule has 19 heavy (non-hydrogen) atoms. The summed E-state index contributed by atoms with van der Waals surface area (Å²) in [6.07, 6.45) is 1.98. The van der Waals surface area contributed by atoms with E-state index in [-0.39, 0.29) is 11.9 Å². The van der Waals surface area contributed by atoms with Gasteiger partial charge in [-0.05, 0) is 31.5 Å². The van der Waals surface area contributed by atoms with Crippen molar-refractivity contribution in [2.75, 3.05) is 31.6 Å². The van der Waals surface area contributed by atoms with E-state index in [1.165, 1.54) is 11.3 Å². The molecule has 0 aromatic heterocycles. The number of nitrogens with zero attached hydrogens (tertiary/aromatic N) is 1. The first-order valence-corrected chi connectivity index (χ1v) is 7.04. The van der Waals surface area contributed by atoms with E-state index >= 15 is 0 Å². The molecule has 0 radical (unpaired) electrons. The number of amides is 1. The van der Waals surface area contributed by atoms with E-state index in [9.17, 15) is 4.79 Å². The van der Waals surface area contributed by atoms with Crippen LogP contribution in [0.3, 0.4) is 0 Å². The maximum Gasteiger partial charge on any atom is 0.244 e. The minimum absolute atomic E-state index is 0.123. The summed E-state index contributed by atoms with van der Waals surface area (Å²) < 4.78 is 0. The molecule has 1 fully saturated rings. The second kappa shape index (κ2) is 6.57. The van der Waals surface area contributed by atoms with Gasteiger partial charge < -0.3 is 15.5 Å². The highest BCUT2D eigenvalue weighted by Gasteiger charge is 2.28. The highest BCUT2D eigenvalue weighted by molar-refractivity contribution is 5.86. The van der Waals surface area contributed by atoms with Gasteiger partial charge in [0.25, 0.3) is 0 Å². The fourth-order valence-corrected chi connectivity index (χ4v) is 2.65. The van der Waals surface area contributed by atoms with Gasteiger partial charge in [0.05, 0.1) is 0 Å². The standard InChI is InChI=1S/C15H23N3O/c1-3-12-7-4-5-8-13(12)18-10-6-9-17-15(19)14(18)11-16-2/h4-5,7-8,14,16H,3,6,9-11H2,1-2H3,(H,17,19). The van der Waals surface area contributed by atoms with Gasteiger partial charge in [-0.15, -0.1) is 0 Å². The average Bonchev–Trinajstić information content (AvgIpc) is 2.62. The van der Waals surface area contributed by atoms with Gasteiger partial charge in [0.15, 0.2) is 0 Å². The van der Waals surface area contributed by atoms with Gasteiger partial charge in [-0.25, -0.2) is 0 Å². The summed E-state index contributed by atoms with van der Waals surface area (Å²) in [5, 5.41) is 6.13. The molecule has 4 nitrogen and oxygen atoms in total. The van der Waals surface area contributed by atoms with Gasteiger partial charge >= 0.3 is 0 Å². The third-order valence-corrected chi connectivity index (χ3v) is 3.63.